The summed E-state index contributed by atoms with van der Waals surface area (Å²) >= 11 is 0. The highest BCUT2D eigenvalue weighted by atomic mass is 19.1. The van der Waals surface area contributed by atoms with E-state index in [-0.39, 0.29) is 5.82 Å². The summed E-state index contributed by atoms with van der Waals surface area (Å²) in [6.07, 6.45) is 0. The molecule has 2 N–H and O–H groups in total. The molecule has 0 spiro atoms. The number of halogens is 1. The van der Waals surface area contributed by atoms with E-state index in [2.05, 4.69) is 11.0 Å². The van der Waals surface area contributed by atoms with Crippen LogP contribution < -0.4 is 10.6 Å². The fraction of sp³-hybridized carbons (Fsp3) is 0.200. The average Bonchev–Trinajstić information content (AvgIpc) is 2.78. The molecule has 3 rings (SSSR count). The van der Waals surface area contributed by atoms with Gasteiger partial charge in [-0.2, -0.15) is 0 Å². The van der Waals surface area contributed by atoms with Gasteiger partial charge in [0.25, 0.3) is 0 Å². The molecule has 1 aliphatic rings. The summed E-state index contributed by atoms with van der Waals surface area (Å²) in [5.41, 5.74) is 10.9. The van der Waals surface area contributed by atoms with Gasteiger partial charge in [0.05, 0.1) is 0 Å². The summed E-state index contributed by atoms with van der Waals surface area (Å²) in [4.78, 5) is 2.17. The van der Waals surface area contributed by atoms with Crippen LogP contribution in [0.15, 0.2) is 36.4 Å². The molecule has 0 aliphatic carbocycles. The predicted octanol–water partition coefficient (Wildman–Crippen LogP) is 3.24. The molecule has 1 aliphatic heterocycles. The van der Waals surface area contributed by atoms with Crippen molar-refractivity contribution in [1.29, 1.82) is 0 Å². The van der Waals surface area contributed by atoms with Crippen LogP contribution in [0, 0.1) is 12.7 Å². The monoisotopic (exact) mass is 242 g/mol. The summed E-state index contributed by atoms with van der Waals surface area (Å²) < 4.78 is 13.6. The molecule has 0 bridgehead atoms. The first kappa shape index (κ1) is 11.1. The van der Waals surface area contributed by atoms with Crippen molar-refractivity contribution in [2.45, 2.75) is 20.0 Å². The maximum Gasteiger partial charge on any atom is 0.128 e. The van der Waals surface area contributed by atoms with E-state index in [0.717, 1.165) is 24.5 Å². The quantitative estimate of drug-likeness (QED) is 0.778. The molecule has 0 radical (unpaired) electrons. The van der Waals surface area contributed by atoms with Gasteiger partial charge in [0.15, 0.2) is 0 Å². The Balaban J connectivity index is 1.99. The smallest absolute Gasteiger partial charge is 0.128 e. The Morgan fingerprint density at radius 2 is 1.89 bits per heavy atom. The zero-order valence-electron chi connectivity index (χ0n) is 10.3. The van der Waals surface area contributed by atoms with Gasteiger partial charge in [-0.1, -0.05) is 18.2 Å². The first-order valence-corrected chi connectivity index (χ1v) is 6.03. The molecule has 92 valence electrons. The second-order valence-corrected chi connectivity index (χ2v) is 4.72. The predicted molar refractivity (Wildman–Crippen MR) is 71.9 cm³/mol. The number of fused-ring (bicyclic) bond motifs is 1. The Morgan fingerprint density at radius 3 is 2.67 bits per heavy atom. The van der Waals surface area contributed by atoms with E-state index in [1.165, 1.54) is 17.2 Å². The van der Waals surface area contributed by atoms with Gasteiger partial charge in [-0.15, -0.1) is 0 Å². The first-order valence-electron chi connectivity index (χ1n) is 6.03. The minimum Gasteiger partial charge on any atom is -0.398 e. The molecule has 0 saturated heterocycles. The van der Waals surface area contributed by atoms with E-state index in [4.69, 9.17) is 5.73 Å². The van der Waals surface area contributed by atoms with Crippen molar-refractivity contribution in [3.05, 3.63) is 58.9 Å². The number of rotatable bonds is 1. The van der Waals surface area contributed by atoms with E-state index in [1.807, 2.05) is 25.1 Å². The number of benzene rings is 2. The van der Waals surface area contributed by atoms with Gasteiger partial charge < -0.3 is 10.6 Å². The van der Waals surface area contributed by atoms with E-state index in [0.29, 0.717) is 5.56 Å². The lowest BCUT2D eigenvalue weighted by Gasteiger charge is -2.20. The number of hydrogen-bond acceptors (Lipinski definition) is 2. The fourth-order valence-electron chi connectivity index (χ4n) is 2.56. The van der Waals surface area contributed by atoms with E-state index in [1.54, 1.807) is 6.07 Å². The van der Waals surface area contributed by atoms with Crippen molar-refractivity contribution >= 4 is 11.4 Å². The topological polar surface area (TPSA) is 29.3 Å². The highest BCUT2D eigenvalue weighted by Crippen LogP contribution is 2.33. The molecule has 0 fully saturated rings. The Bertz CT molecular complexity index is 607. The zero-order valence-corrected chi connectivity index (χ0v) is 10.3. The minimum absolute atomic E-state index is 0.156. The summed E-state index contributed by atoms with van der Waals surface area (Å²) in [6, 6.07) is 11.2. The number of nitrogen functional groups attached to an aromatic ring is 1. The third kappa shape index (κ3) is 1.63. The number of nitrogens with zero attached hydrogens (tertiary/aromatic N) is 1. The van der Waals surface area contributed by atoms with Gasteiger partial charge in [-0.05, 0) is 36.2 Å². The second kappa shape index (κ2) is 4.02. The van der Waals surface area contributed by atoms with Crippen LogP contribution >= 0.6 is 0 Å². The Kier molecular flexibility index (Phi) is 2.47. The number of nitrogens with two attached hydrogens (primary N) is 1. The van der Waals surface area contributed by atoms with Crippen LogP contribution in [0.3, 0.4) is 0 Å². The minimum atomic E-state index is -0.156. The second-order valence-electron chi connectivity index (χ2n) is 4.72. The van der Waals surface area contributed by atoms with Crippen molar-refractivity contribution in [3.8, 4) is 0 Å². The zero-order chi connectivity index (χ0) is 12.7. The first-order chi connectivity index (χ1) is 8.66. The molecule has 0 amide bonds. The van der Waals surface area contributed by atoms with E-state index >= 15 is 0 Å². The maximum absolute atomic E-state index is 13.6. The molecule has 3 heteroatoms. The molecule has 1 heterocycles. The molecule has 0 saturated carbocycles. The van der Waals surface area contributed by atoms with Crippen LogP contribution in [0.1, 0.15) is 16.7 Å². The third-order valence-corrected chi connectivity index (χ3v) is 3.60. The highest BCUT2D eigenvalue weighted by Gasteiger charge is 2.22. The maximum atomic E-state index is 13.6. The summed E-state index contributed by atoms with van der Waals surface area (Å²) in [7, 11) is 0. The van der Waals surface area contributed by atoms with E-state index < -0.39 is 0 Å². The Labute approximate surface area is 106 Å². The van der Waals surface area contributed by atoms with Crippen molar-refractivity contribution in [2.24, 2.45) is 0 Å². The van der Waals surface area contributed by atoms with Gasteiger partial charge in [0.1, 0.15) is 5.82 Å². The lowest BCUT2D eigenvalue weighted by molar-refractivity contribution is 0.617. The van der Waals surface area contributed by atoms with Gasteiger partial charge in [0.2, 0.25) is 0 Å². The molecule has 18 heavy (non-hydrogen) atoms. The third-order valence-electron chi connectivity index (χ3n) is 3.60. The molecule has 0 atom stereocenters. The highest BCUT2D eigenvalue weighted by molar-refractivity contribution is 5.61. The van der Waals surface area contributed by atoms with Crippen LogP contribution in [-0.4, -0.2) is 0 Å². The average molecular weight is 242 g/mol. The Hall–Kier alpha value is -2.03. The summed E-state index contributed by atoms with van der Waals surface area (Å²) in [5.74, 6) is -0.156. The lowest BCUT2D eigenvalue weighted by atomic mass is 10.1. The SMILES string of the molecule is Cc1c(F)cccc1N1Cc2cccc(N)c2C1. The number of hydrogen-bond donors (Lipinski definition) is 1. The molecular formula is C15H15FN2. The fourth-order valence-corrected chi connectivity index (χ4v) is 2.56. The van der Waals surface area contributed by atoms with Crippen molar-refractivity contribution < 1.29 is 4.39 Å². The lowest BCUT2D eigenvalue weighted by Crippen LogP contribution is -2.16. The van der Waals surface area contributed by atoms with Crippen LogP contribution in [0.25, 0.3) is 0 Å². The Morgan fingerprint density at radius 1 is 1.11 bits per heavy atom. The summed E-state index contributed by atoms with van der Waals surface area (Å²) in [5, 5.41) is 0. The van der Waals surface area contributed by atoms with Crippen LogP contribution in [-0.2, 0) is 13.1 Å². The van der Waals surface area contributed by atoms with Gasteiger partial charge >= 0.3 is 0 Å². The molecular weight excluding hydrogens is 227 g/mol. The normalized spacial score (nSPS) is 13.8. The number of anilines is 2. The molecule has 0 unspecified atom stereocenters. The van der Waals surface area contributed by atoms with Crippen molar-refractivity contribution in [3.63, 3.8) is 0 Å². The largest absolute Gasteiger partial charge is 0.398 e. The van der Waals surface area contributed by atoms with Crippen LogP contribution in [0.2, 0.25) is 0 Å². The van der Waals surface area contributed by atoms with E-state index in [9.17, 15) is 4.39 Å². The molecule has 2 nitrogen and oxygen atoms in total. The van der Waals surface area contributed by atoms with Crippen molar-refractivity contribution in [2.75, 3.05) is 10.6 Å². The molecule has 2 aromatic rings. The van der Waals surface area contributed by atoms with Crippen LogP contribution in [0.5, 0.6) is 0 Å². The van der Waals surface area contributed by atoms with Crippen LogP contribution in [0.4, 0.5) is 15.8 Å². The van der Waals surface area contributed by atoms with Gasteiger partial charge in [0, 0.05) is 30.0 Å². The standard InChI is InChI=1S/C15H15FN2/c1-10-13(16)5-3-7-15(10)18-8-11-4-2-6-14(17)12(11)9-18/h2-7H,8-9,17H2,1H3. The van der Waals surface area contributed by atoms with Gasteiger partial charge in [-0.25, -0.2) is 4.39 Å². The molecule has 0 aromatic heterocycles. The van der Waals surface area contributed by atoms with Gasteiger partial charge in [-0.3, -0.25) is 0 Å². The summed E-state index contributed by atoms with van der Waals surface area (Å²) in [6.45, 7) is 3.37. The van der Waals surface area contributed by atoms with Crippen molar-refractivity contribution in [1.82, 2.24) is 0 Å². The molecule has 2 aromatic carbocycles.